The summed E-state index contributed by atoms with van der Waals surface area (Å²) in [5.41, 5.74) is 1.73. The zero-order valence-electron chi connectivity index (χ0n) is 16.3. The van der Waals surface area contributed by atoms with Gasteiger partial charge in [-0.1, -0.05) is 18.5 Å². The van der Waals surface area contributed by atoms with Gasteiger partial charge in [0.25, 0.3) is 5.91 Å². The third kappa shape index (κ3) is 3.85. The van der Waals surface area contributed by atoms with E-state index in [1.165, 1.54) is 28.8 Å². The molecule has 0 saturated heterocycles. The van der Waals surface area contributed by atoms with Crippen molar-refractivity contribution in [2.75, 3.05) is 6.61 Å². The number of aromatic nitrogens is 1. The molecule has 0 radical (unpaired) electrons. The largest absolute Gasteiger partial charge is 0.508 e. The van der Waals surface area contributed by atoms with Gasteiger partial charge in [-0.15, -0.1) is 0 Å². The fraction of sp³-hybridized carbons (Fsp3) is 0.273. The molecule has 0 spiro atoms. The number of phenols is 1. The molecule has 1 aromatic heterocycles. The summed E-state index contributed by atoms with van der Waals surface area (Å²) in [6.07, 6.45) is 0.695. The van der Waals surface area contributed by atoms with E-state index in [9.17, 15) is 19.1 Å². The monoisotopic (exact) mass is 417 g/mol. The molecule has 29 heavy (non-hydrogen) atoms. The van der Waals surface area contributed by atoms with Crippen LogP contribution >= 0.6 is 11.6 Å². The van der Waals surface area contributed by atoms with Crippen molar-refractivity contribution in [1.82, 2.24) is 4.57 Å². The van der Waals surface area contributed by atoms with Crippen molar-refractivity contribution in [2.45, 2.75) is 33.1 Å². The summed E-state index contributed by atoms with van der Waals surface area (Å²) in [5, 5.41) is 10.5. The molecule has 0 aliphatic heterocycles. The number of halogens is 2. The number of carbonyl (C=O) groups is 2. The van der Waals surface area contributed by atoms with Crippen LogP contribution in [-0.2, 0) is 9.53 Å². The Morgan fingerprint density at radius 2 is 1.97 bits per heavy atom. The molecular formula is C22H21ClFNO4. The lowest BCUT2D eigenvalue weighted by molar-refractivity contribution is -0.145. The molecule has 0 bridgehead atoms. The highest BCUT2D eigenvalue weighted by atomic mass is 35.5. The van der Waals surface area contributed by atoms with Gasteiger partial charge in [-0.3, -0.25) is 14.2 Å². The van der Waals surface area contributed by atoms with E-state index in [1.807, 2.05) is 6.92 Å². The summed E-state index contributed by atoms with van der Waals surface area (Å²) in [7, 11) is 0. The fourth-order valence-electron chi connectivity index (χ4n) is 3.44. The minimum Gasteiger partial charge on any atom is -0.508 e. The first kappa shape index (κ1) is 20.9. The predicted octanol–water partition coefficient (Wildman–Crippen LogP) is 5.19. The Hall–Kier alpha value is -2.86. The third-order valence-electron chi connectivity index (χ3n) is 4.84. The number of carbonyl (C=O) groups excluding carboxylic acids is 2. The molecule has 0 fully saturated rings. The van der Waals surface area contributed by atoms with E-state index in [2.05, 4.69) is 0 Å². The lowest BCUT2D eigenvalue weighted by Gasteiger charge is -2.13. The van der Waals surface area contributed by atoms with Gasteiger partial charge in [0.2, 0.25) is 0 Å². The first-order chi connectivity index (χ1) is 13.8. The summed E-state index contributed by atoms with van der Waals surface area (Å²) < 4.78 is 20.6. The van der Waals surface area contributed by atoms with E-state index in [0.29, 0.717) is 35.2 Å². The van der Waals surface area contributed by atoms with E-state index >= 15 is 0 Å². The third-order valence-corrected chi connectivity index (χ3v) is 5.15. The van der Waals surface area contributed by atoms with Crippen molar-refractivity contribution in [2.24, 2.45) is 0 Å². The number of rotatable bonds is 5. The molecule has 1 atom stereocenters. The average molecular weight is 418 g/mol. The molecule has 5 nitrogen and oxygen atoms in total. The molecule has 0 aliphatic carbocycles. The van der Waals surface area contributed by atoms with Gasteiger partial charge in [0, 0.05) is 16.6 Å². The van der Waals surface area contributed by atoms with Gasteiger partial charge in [-0.25, -0.2) is 4.39 Å². The fourth-order valence-corrected chi connectivity index (χ4v) is 3.56. The minimum atomic E-state index is -0.694. The number of esters is 1. The molecule has 3 rings (SSSR count). The van der Waals surface area contributed by atoms with Gasteiger partial charge in [0.15, 0.2) is 0 Å². The highest BCUT2D eigenvalue weighted by Crippen LogP contribution is 2.35. The first-order valence-electron chi connectivity index (χ1n) is 9.26. The highest BCUT2D eigenvalue weighted by molar-refractivity contribution is 6.30. The Bertz CT molecular complexity index is 1110. The number of nitrogens with zero attached hydrogens (tertiary/aromatic N) is 1. The maximum atomic E-state index is 13.9. The van der Waals surface area contributed by atoms with Crippen LogP contribution in [0.3, 0.4) is 0 Å². The van der Waals surface area contributed by atoms with Crippen LogP contribution < -0.4 is 0 Å². The van der Waals surface area contributed by atoms with Gasteiger partial charge in [0.05, 0.1) is 23.1 Å². The van der Waals surface area contributed by atoms with Crippen LogP contribution in [-0.4, -0.2) is 28.2 Å². The highest BCUT2D eigenvalue weighted by Gasteiger charge is 2.27. The smallest absolute Gasteiger partial charge is 0.313 e. The van der Waals surface area contributed by atoms with Crippen molar-refractivity contribution in [3.05, 3.63) is 64.1 Å². The second kappa shape index (κ2) is 8.25. The minimum absolute atomic E-state index is 0.00927. The van der Waals surface area contributed by atoms with Crippen molar-refractivity contribution in [1.29, 1.82) is 0 Å². The zero-order chi connectivity index (χ0) is 21.3. The second-order valence-electron chi connectivity index (χ2n) is 6.86. The molecule has 0 saturated carbocycles. The Labute approximate surface area is 172 Å². The van der Waals surface area contributed by atoms with Crippen molar-refractivity contribution in [3.63, 3.8) is 0 Å². The molecule has 0 aliphatic rings. The Balaban J connectivity index is 2.18. The second-order valence-corrected chi connectivity index (χ2v) is 7.27. The van der Waals surface area contributed by atoms with Gasteiger partial charge < -0.3 is 9.84 Å². The van der Waals surface area contributed by atoms with E-state index in [0.717, 1.165) is 6.07 Å². The molecule has 0 amide bonds. The van der Waals surface area contributed by atoms with E-state index in [1.54, 1.807) is 19.9 Å². The topological polar surface area (TPSA) is 68.5 Å². The average Bonchev–Trinajstić information content (AvgIpc) is 2.97. The predicted molar refractivity (Wildman–Crippen MR) is 109 cm³/mol. The lowest BCUT2D eigenvalue weighted by atomic mass is 9.98. The van der Waals surface area contributed by atoms with Crippen LogP contribution in [0.4, 0.5) is 4.39 Å². The number of phenolic OH excluding ortho intramolecular Hbond substituents is 1. The van der Waals surface area contributed by atoms with Crippen LogP contribution in [0, 0.1) is 12.7 Å². The number of aromatic hydroxyl groups is 1. The van der Waals surface area contributed by atoms with E-state index in [-0.39, 0.29) is 16.3 Å². The zero-order valence-corrected chi connectivity index (χ0v) is 17.1. The maximum absolute atomic E-state index is 13.9. The van der Waals surface area contributed by atoms with Crippen LogP contribution in [0.1, 0.15) is 47.8 Å². The van der Waals surface area contributed by atoms with Gasteiger partial charge in [-0.05, 0) is 62.2 Å². The maximum Gasteiger partial charge on any atom is 0.313 e. The molecule has 152 valence electrons. The number of benzene rings is 2. The van der Waals surface area contributed by atoms with Crippen LogP contribution in [0.15, 0.2) is 36.4 Å². The van der Waals surface area contributed by atoms with Crippen LogP contribution in [0.5, 0.6) is 5.75 Å². The van der Waals surface area contributed by atoms with E-state index in [4.69, 9.17) is 16.3 Å². The lowest BCUT2D eigenvalue weighted by Crippen LogP contribution is -2.17. The van der Waals surface area contributed by atoms with Gasteiger partial charge >= 0.3 is 5.97 Å². The SMILES string of the molecule is CCCOC(=O)[C@@H](C)c1c(C)n(C(=O)c2ccc(Cl)c(F)c2)c2ccc(O)cc12. The summed E-state index contributed by atoms with van der Waals surface area (Å²) in [5.74, 6) is -2.21. The summed E-state index contributed by atoms with van der Waals surface area (Å²) in [4.78, 5) is 25.7. The van der Waals surface area contributed by atoms with Gasteiger partial charge in [-0.2, -0.15) is 0 Å². The number of hydrogen-bond donors (Lipinski definition) is 1. The molecule has 3 aromatic rings. The Morgan fingerprint density at radius 1 is 1.24 bits per heavy atom. The summed E-state index contributed by atoms with van der Waals surface area (Å²) in [6.45, 7) is 5.60. The normalized spacial score (nSPS) is 12.2. The van der Waals surface area contributed by atoms with E-state index < -0.39 is 23.6 Å². The Morgan fingerprint density at radius 3 is 2.62 bits per heavy atom. The summed E-state index contributed by atoms with van der Waals surface area (Å²) >= 11 is 5.72. The molecule has 1 N–H and O–H groups in total. The Kier molecular flexibility index (Phi) is 5.94. The number of hydrogen-bond acceptors (Lipinski definition) is 4. The number of fused-ring (bicyclic) bond motifs is 1. The van der Waals surface area contributed by atoms with Crippen LogP contribution in [0.25, 0.3) is 10.9 Å². The first-order valence-corrected chi connectivity index (χ1v) is 9.64. The molecule has 7 heteroatoms. The van der Waals surface area contributed by atoms with Gasteiger partial charge in [0.1, 0.15) is 11.6 Å². The molecule has 2 aromatic carbocycles. The quantitative estimate of drug-likeness (QED) is 0.580. The van der Waals surface area contributed by atoms with Crippen molar-refractivity contribution < 1.29 is 23.8 Å². The van der Waals surface area contributed by atoms with Crippen molar-refractivity contribution >= 4 is 34.4 Å². The molecular weight excluding hydrogens is 397 g/mol. The standard InChI is InChI=1S/C22H21ClFNO4/c1-4-9-29-22(28)12(2)20-13(3)25(19-8-6-15(26)11-16(19)20)21(27)14-5-7-17(23)18(24)10-14/h5-8,10-12,26H,4,9H2,1-3H3/t12-/m0/s1. The molecule has 0 unspecified atom stereocenters. The van der Waals surface area contributed by atoms with Crippen LogP contribution in [0.2, 0.25) is 5.02 Å². The van der Waals surface area contributed by atoms with Crippen molar-refractivity contribution in [3.8, 4) is 5.75 Å². The summed E-state index contributed by atoms with van der Waals surface area (Å²) in [6, 6.07) is 8.40. The number of ether oxygens (including phenoxy) is 1. The molecule has 1 heterocycles.